The molecule has 1 aromatic rings. The summed E-state index contributed by atoms with van der Waals surface area (Å²) in [4.78, 5) is 25.4. The number of hydrogen-bond donors (Lipinski definition) is 5. The van der Waals surface area contributed by atoms with E-state index < -0.39 is 48.4 Å². The fourth-order valence-corrected chi connectivity index (χ4v) is 2.12. The second kappa shape index (κ2) is 5.46. The van der Waals surface area contributed by atoms with Crippen LogP contribution in [-0.2, 0) is 4.74 Å². The van der Waals surface area contributed by atoms with Gasteiger partial charge in [0.2, 0.25) is 0 Å². The summed E-state index contributed by atoms with van der Waals surface area (Å²) in [5, 5.41) is 28.5. The highest BCUT2D eigenvalue weighted by atomic mass is 16.6. The van der Waals surface area contributed by atoms with Crippen LogP contribution in [-0.4, -0.2) is 49.8 Å². The highest BCUT2D eigenvalue weighted by Crippen LogP contribution is 2.28. The minimum Gasteiger partial charge on any atom is -0.394 e. The highest BCUT2D eigenvalue weighted by molar-refractivity contribution is 5.09. The van der Waals surface area contributed by atoms with E-state index in [0.717, 1.165) is 4.57 Å². The Morgan fingerprint density at radius 3 is 2.60 bits per heavy atom. The first-order valence-corrected chi connectivity index (χ1v) is 6.10. The Balaban J connectivity index is 2.46. The lowest BCUT2D eigenvalue weighted by Gasteiger charge is -2.18. The number of H-pyrrole nitrogens is 1. The predicted octanol–water partition coefficient (Wildman–Crippen LogP) is -2.83. The molecule has 0 radical (unpaired) electrons. The summed E-state index contributed by atoms with van der Waals surface area (Å²) < 4.78 is 6.17. The van der Waals surface area contributed by atoms with E-state index in [2.05, 4.69) is 4.98 Å². The molecule has 0 saturated carbocycles. The zero-order chi connectivity index (χ0) is 15.0. The summed E-state index contributed by atoms with van der Waals surface area (Å²) in [6.45, 7) is 1.06. The molecule has 0 aliphatic carbocycles. The van der Waals surface area contributed by atoms with Gasteiger partial charge in [0.05, 0.1) is 12.2 Å². The molecule has 0 bridgehead atoms. The largest absolute Gasteiger partial charge is 0.394 e. The standard InChI is InChI=1S/C11H17N3O6/c1-4(12)5-2-14(11(19)13-9(5)18)10-8(17)7(16)6(3-15)20-10/h2,4,6-8,10,15-17H,3,12H2,1H3,(H,13,18,19)/t4?,6-,7-,8-,10-/m1/s1. The molecule has 1 saturated heterocycles. The molecule has 112 valence electrons. The van der Waals surface area contributed by atoms with Gasteiger partial charge in [-0.3, -0.25) is 14.3 Å². The molecule has 1 aromatic heterocycles. The summed E-state index contributed by atoms with van der Waals surface area (Å²) in [5.74, 6) is 0. The summed E-state index contributed by atoms with van der Waals surface area (Å²) in [5.41, 5.74) is 4.35. The van der Waals surface area contributed by atoms with E-state index >= 15 is 0 Å². The molecule has 20 heavy (non-hydrogen) atoms. The molecule has 1 aliphatic rings. The average Bonchev–Trinajstić information content (AvgIpc) is 2.66. The van der Waals surface area contributed by atoms with Gasteiger partial charge in [0, 0.05) is 12.2 Å². The Labute approximate surface area is 113 Å². The number of aromatic amines is 1. The number of nitrogens with two attached hydrogens (primary N) is 1. The van der Waals surface area contributed by atoms with E-state index in [1.165, 1.54) is 6.20 Å². The van der Waals surface area contributed by atoms with Crippen LogP contribution < -0.4 is 17.0 Å². The fraction of sp³-hybridized carbons (Fsp3) is 0.636. The van der Waals surface area contributed by atoms with Crippen LogP contribution >= 0.6 is 0 Å². The van der Waals surface area contributed by atoms with Gasteiger partial charge in [0.1, 0.15) is 18.3 Å². The number of rotatable bonds is 3. The molecule has 0 amide bonds. The van der Waals surface area contributed by atoms with Crippen LogP contribution in [0.1, 0.15) is 24.8 Å². The van der Waals surface area contributed by atoms with E-state index in [-0.39, 0.29) is 5.56 Å². The molecular formula is C11H17N3O6. The minimum atomic E-state index is -1.41. The first-order chi connectivity index (χ1) is 9.36. The van der Waals surface area contributed by atoms with E-state index in [1.54, 1.807) is 6.92 Å². The smallest absolute Gasteiger partial charge is 0.330 e. The molecule has 1 aliphatic heterocycles. The van der Waals surface area contributed by atoms with Crippen LogP contribution in [0.15, 0.2) is 15.8 Å². The molecule has 9 nitrogen and oxygen atoms in total. The number of aliphatic hydroxyl groups excluding tert-OH is 3. The quantitative estimate of drug-likeness (QED) is 0.402. The number of aromatic nitrogens is 2. The van der Waals surface area contributed by atoms with Gasteiger partial charge >= 0.3 is 5.69 Å². The van der Waals surface area contributed by atoms with E-state index in [4.69, 9.17) is 15.6 Å². The zero-order valence-electron chi connectivity index (χ0n) is 10.8. The topological polar surface area (TPSA) is 151 Å². The molecular weight excluding hydrogens is 270 g/mol. The minimum absolute atomic E-state index is 0.141. The van der Waals surface area contributed by atoms with Crippen molar-refractivity contribution in [3.63, 3.8) is 0 Å². The number of aliphatic hydroxyl groups is 3. The Bertz CT molecular complexity index is 595. The SMILES string of the molecule is CC(N)c1cn([C@@H]2O[C@H](CO)[C@@H](O)[C@H]2O)c(=O)[nH]c1=O. The normalized spacial score (nSPS) is 31.4. The monoisotopic (exact) mass is 287 g/mol. The molecule has 9 heteroatoms. The van der Waals surface area contributed by atoms with Gasteiger partial charge in [0.15, 0.2) is 6.23 Å². The molecule has 2 rings (SSSR count). The lowest BCUT2D eigenvalue weighted by Crippen LogP contribution is -2.39. The molecule has 5 atom stereocenters. The molecule has 0 spiro atoms. The third kappa shape index (κ3) is 2.41. The van der Waals surface area contributed by atoms with E-state index in [0.29, 0.717) is 0 Å². The van der Waals surface area contributed by atoms with Crippen LogP contribution in [0, 0.1) is 0 Å². The first-order valence-electron chi connectivity index (χ1n) is 6.10. The number of nitrogens with one attached hydrogen (secondary N) is 1. The number of ether oxygens (including phenoxy) is 1. The van der Waals surface area contributed by atoms with Crippen LogP contribution in [0.3, 0.4) is 0 Å². The maximum Gasteiger partial charge on any atom is 0.330 e. The van der Waals surface area contributed by atoms with Gasteiger partial charge in [-0.15, -0.1) is 0 Å². The van der Waals surface area contributed by atoms with Gasteiger partial charge < -0.3 is 25.8 Å². The van der Waals surface area contributed by atoms with E-state index in [1.807, 2.05) is 0 Å². The Morgan fingerprint density at radius 1 is 1.45 bits per heavy atom. The molecule has 1 fully saturated rings. The first kappa shape index (κ1) is 14.9. The summed E-state index contributed by atoms with van der Waals surface area (Å²) in [6, 6.07) is -0.622. The Hall–Kier alpha value is -1.52. The van der Waals surface area contributed by atoms with Gasteiger partial charge in [-0.2, -0.15) is 0 Å². The fourth-order valence-electron chi connectivity index (χ4n) is 2.12. The molecule has 6 N–H and O–H groups in total. The lowest BCUT2D eigenvalue weighted by atomic mass is 10.1. The second-order valence-corrected chi connectivity index (χ2v) is 4.77. The average molecular weight is 287 g/mol. The van der Waals surface area contributed by atoms with Crippen molar-refractivity contribution in [3.8, 4) is 0 Å². The van der Waals surface area contributed by atoms with Crippen LogP contribution in [0.5, 0.6) is 0 Å². The van der Waals surface area contributed by atoms with Gasteiger partial charge in [0.25, 0.3) is 5.56 Å². The van der Waals surface area contributed by atoms with Crippen molar-refractivity contribution < 1.29 is 20.1 Å². The van der Waals surface area contributed by atoms with Crippen molar-refractivity contribution >= 4 is 0 Å². The van der Waals surface area contributed by atoms with Crippen LogP contribution in [0.4, 0.5) is 0 Å². The number of hydrogen-bond acceptors (Lipinski definition) is 7. The maximum atomic E-state index is 11.8. The maximum absolute atomic E-state index is 11.8. The molecule has 2 heterocycles. The van der Waals surface area contributed by atoms with Gasteiger partial charge in [-0.25, -0.2) is 4.79 Å². The third-order valence-electron chi connectivity index (χ3n) is 3.28. The van der Waals surface area contributed by atoms with Crippen molar-refractivity contribution in [1.82, 2.24) is 9.55 Å². The van der Waals surface area contributed by atoms with E-state index in [9.17, 15) is 19.8 Å². The summed E-state index contributed by atoms with van der Waals surface area (Å²) in [7, 11) is 0. The van der Waals surface area contributed by atoms with Gasteiger partial charge in [-0.05, 0) is 6.92 Å². The van der Waals surface area contributed by atoms with Crippen molar-refractivity contribution in [2.24, 2.45) is 5.73 Å². The van der Waals surface area contributed by atoms with Gasteiger partial charge in [-0.1, -0.05) is 0 Å². The molecule has 1 unspecified atom stereocenters. The summed E-state index contributed by atoms with van der Waals surface area (Å²) in [6.07, 6.45) is -3.76. The van der Waals surface area contributed by atoms with Crippen molar-refractivity contribution in [1.29, 1.82) is 0 Å². The van der Waals surface area contributed by atoms with Crippen molar-refractivity contribution in [3.05, 3.63) is 32.6 Å². The zero-order valence-corrected chi connectivity index (χ0v) is 10.8. The predicted molar refractivity (Wildman–Crippen MR) is 66.9 cm³/mol. The Kier molecular flexibility index (Phi) is 4.06. The number of nitrogens with zero attached hydrogens (tertiary/aromatic N) is 1. The van der Waals surface area contributed by atoms with Crippen molar-refractivity contribution in [2.45, 2.75) is 37.5 Å². The Morgan fingerprint density at radius 2 is 2.10 bits per heavy atom. The van der Waals surface area contributed by atoms with Crippen molar-refractivity contribution in [2.75, 3.05) is 6.61 Å². The third-order valence-corrected chi connectivity index (χ3v) is 3.28. The summed E-state index contributed by atoms with van der Waals surface area (Å²) >= 11 is 0. The molecule has 0 aromatic carbocycles. The second-order valence-electron chi connectivity index (χ2n) is 4.77. The van der Waals surface area contributed by atoms with Crippen LogP contribution in [0.25, 0.3) is 0 Å². The van der Waals surface area contributed by atoms with Crippen LogP contribution in [0.2, 0.25) is 0 Å². The highest BCUT2D eigenvalue weighted by Gasteiger charge is 2.43. The lowest BCUT2D eigenvalue weighted by molar-refractivity contribution is -0.0551.